The van der Waals surface area contributed by atoms with Crippen molar-refractivity contribution in [3.05, 3.63) is 25.3 Å². The summed E-state index contributed by atoms with van der Waals surface area (Å²) in [4.78, 5) is 12.6. The van der Waals surface area contributed by atoms with E-state index in [2.05, 4.69) is 35.4 Å². The molecule has 0 spiro atoms. The van der Waals surface area contributed by atoms with Crippen LogP contribution >= 0.6 is 0 Å². The lowest BCUT2D eigenvalue weighted by molar-refractivity contribution is -0.0561. The smallest absolute Gasteiger partial charge is 0.167 e. The number of fused-ring (bicyclic) bond motifs is 1. The average molecular weight is 303 g/mol. The molecule has 3 rings (SSSR count). The number of ether oxygens (including phenoxy) is 2. The van der Waals surface area contributed by atoms with Crippen LogP contribution in [-0.4, -0.2) is 38.3 Å². The Hall–Kier alpha value is -1.99. The minimum Gasteiger partial charge on any atom is -0.382 e. The molecule has 0 aliphatic carbocycles. The van der Waals surface area contributed by atoms with E-state index in [1.165, 1.54) is 6.33 Å². The number of aromatic nitrogens is 4. The molecule has 2 aromatic rings. The molecule has 4 atom stereocenters. The fraction of sp³-hybridized carbons (Fsp3) is 0.533. The highest BCUT2D eigenvalue weighted by molar-refractivity contribution is 5.81. The topological polar surface area (TPSA) is 88.1 Å². The minimum absolute atomic E-state index is 0.0865. The number of imidazole rings is 1. The first kappa shape index (κ1) is 14.9. The van der Waals surface area contributed by atoms with Gasteiger partial charge >= 0.3 is 0 Å². The van der Waals surface area contributed by atoms with Gasteiger partial charge in [0.15, 0.2) is 17.7 Å². The lowest BCUT2D eigenvalue weighted by Crippen LogP contribution is -2.28. The molecule has 1 fully saturated rings. The van der Waals surface area contributed by atoms with Crippen LogP contribution in [0.1, 0.15) is 26.5 Å². The molecule has 0 saturated carbocycles. The highest BCUT2D eigenvalue weighted by atomic mass is 16.6. The van der Waals surface area contributed by atoms with Gasteiger partial charge in [-0.1, -0.05) is 19.9 Å². The van der Waals surface area contributed by atoms with Crippen LogP contribution in [0.25, 0.3) is 11.2 Å². The van der Waals surface area contributed by atoms with E-state index < -0.39 is 0 Å². The number of nitrogen functional groups attached to an aromatic ring is 1. The van der Waals surface area contributed by atoms with Crippen LogP contribution in [0.3, 0.4) is 0 Å². The SMILES string of the molecule is C=CCO[C@@H]1[C@H](C)[C@@H](CC)O[C@H]1n1cnc2c(N)ncnc21. The first-order valence-electron chi connectivity index (χ1n) is 7.48. The van der Waals surface area contributed by atoms with Crippen LogP contribution in [0.15, 0.2) is 25.3 Å². The van der Waals surface area contributed by atoms with Crippen LogP contribution in [0.4, 0.5) is 5.82 Å². The van der Waals surface area contributed by atoms with Crippen molar-refractivity contribution < 1.29 is 9.47 Å². The number of nitrogens with two attached hydrogens (primary N) is 1. The Kier molecular flexibility index (Phi) is 4.08. The third-order valence-corrected chi connectivity index (χ3v) is 4.17. The summed E-state index contributed by atoms with van der Waals surface area (Å²) >= 11 is 0. The molecule has 0 bridgehead atoms. The van der Waals surface area contributed by atoms with Crippen molar-refractivity contribution in [3.63, 3.8) is 0 Å². The summed E-state index contributed by atoms with van der Waals surface area (Å²) in [6.07, 6.45) is 5.57. The van der Waals surface area contributed by atoms with E-state index in [-0.39, 0.29) is 24.4 Å². The molecule has 7 nitrogen and oxygen atoms in total. The Morgan fingerprint density at radius 3 is 3.00 bits per heavy atom. The molecule has 1 aliphatic heterocycles. The second kappa shape index (κ2) is 6.02. The lowest BCUT2D eigenvalue weighted by Gasteiger charge is -2.22. The zero-order valence-corrected chi connectivity index (χ0v) is 12.8. The molecule has 3 heterocycles. The number of nitrogens with zero attached hydrogens (tertiary/aromatic N) is 4. The standard InChI is InChI=1S/C15H21N5O2/c1-4-6-21-12-9(3)10(5-2)22-15(12)20-8-19-11-13(16)17-7-18-14(11)20/h4,7-10,12,15H,1,5-6H2,2-3H3,(H2,16,17,18)/t9-,10-,12-,15-/m1/s1. The van der Waals surface area contributed by atoms with Gasteiger partial charge in [-0.15, -0.1) is 6.58 Å². The summed E-state index contributed by atoms with van der Waals surface area (Å²) in [7, 11) is 0. The van der Waals surface area contributed by atoms with E-state index in [0.29, 0.717) is 23.6 Å². The molecule has 22 heavy (non-hydrogen) atoms. The number of hydrogen-bond acceptors (Lipinski definition) is 6. The molecular weight excluding hydrogens is 282 g/mol. The Balaban J connectivity index is 1.99. The molecule has 1 aliphatic rings. The molecule has 7 heteroatoms. The van der Waals surface area contributed by atoms with Gasteiger partial charge in [0, 0.05) is 5.92 Å². The monoisotopic (exact) mass is 303 g/mol. The van der Waals surface area contributed by atoms with Crippen LogP contribution in [0.2, 0.25) is 0 Å². The molecule has 2 aromatic heterocycles. The number of rotatable bonds is 5. The summed E-state index contributed by atoms with van der Waals surface area (Å²) in [6.45, 7) is 8.45. The fourth-order valence-corrected chi connectivity index (χ4v) is 3.01. The summed E-state index contributed by atoms with van der Waals surface area (Å²) < 4.78 is 14.0. The first-order chi connectivity index (χ1) is 10.7. The summed E-state index contributed by atoms with van der Waals surface area (Å²) in [6, 6.07) is 0. The molecule has 2 N–H and O–H groups in total. The van der Waals surface area contributed by atoms with Gasteiger partial charge in [-0.3, -0.25) is 4.57 Å². The number of hydrogen-bond donors (Lipinski definition) is 1. The maximum atomic E-state index is 6.19. The molecule has 0 unspecified atom stereocenters. The van der Waals surface area contributed by atoms with Gasteiger partial charge in [-0.25, -0.2) is 15.0 Å². The number of anilines is 1. The Morgan fingerprint density at radius 1 is 1.45 bits per heavy atom. The second-order valence-electron chi connectivity index (χ2n) is 5.50. The predicted molar refractivity (Wildman–Crippen MR) is 83.0 cm³/mol. The molecule has 0 amide bonds. The highest BCUT2D eigenvalue weighted by Crippen LogP contribution is 2.38. The Bertz CT molecular complexity index is 671. The molecule has 0 aromatic carbocycles. The van der Waals surface area contributed by atoms with Crippen LogP contribution < -0.4 is 5.73 Å². The zero-order chi connectivity index (χ0) is 15.7. The van der Waals surface area contributed by atoms with E-state index in [1.54, 1.807) is 12.4 Å². The molecule has 118 valence electrons. The normalized spacial score (nSPS) is 28.3. The average Bonchev–Trinajstić information content (AvgIpc) is 3.07. The molecule has 0 radical (unpaired) electrons. The lowest BCUT2D eigenvalue weighted by atomic mass is 9.98. The quantitative estimate of drug-likeness (QED) is 0.849. The van der Waals surface area contributed by atoms with E-state index in [9.17, 15) is 0 Å². The van der Waals surface area contributed by atoms with Gasteiger partial charge in [-0.2, -0.15) is 0 Å². The van der Waals surface area contributed by atoms with E-state index in [1.807, 2.05) is 4.57 Å². The first-order valence-corrected chi connectivity index (χ1v) is 7.48. The Morgan fingerprint density at radius 2 is 2.27 bits per heavy atom. The maximum absolute atomic E-state index is 6.19. The van der Waals surface area contributed by atoms with Crippen molar-refractivity contribution in [2.45, 2.75) is 38.7 Å². The van der Waals surface area contributed by atoms with Crippen molar-refractivity contribution in [2.75, 3.05) is 12.3 Å². The van der Waals surface area contributed by atoms with Gasteiger partial charge < -0.3 is 15.2 Å². The summed E-state index contributed by atoms with van der Waals surface area (Å²) in [5.41, 5.74) is 7.10. The van der Waals surface area contributed by atoms with E-state index in [4.69, 9.17) is 15.2 Å². The minimum atomic E-state index is -0.279. The van der Waals surface area contributed by atoms with Gasteiger partial charge in [0.25, 0.3) is 0 Å². The van der Waals surface area contributed by atoms with E-state index >= 15 is 0 Å². The van der Waals surface area contributed by atoms with Gasteiger partial charge in [0.05, 0.1) is 19.0 Å². The highest BCUT2D eigenvalue weighted by Gasteiger charge is 2.43. The zero-order valence-electron chi connectivity index (χ0n) is 12.8. The maximum Gasteiger partial charge on any atom is 0.167 e. The van der Waals surface area contributed by atoms with Crippen molar-refractivity contribution >= 4 is 17.0 Å². The second-order valence-corrected chi connectivity index (χ2v) is 5.50. The summed E-state index contributed by atoms with van der Waals surface area (Å²) in [5.74, 6) is 0.636. The third-order valence-electron chi connectivity index (χ3n) is 4.17. The van der Waals surface area contributed by atoms with Crippen molar-refractivity contribution in [1.29, 1.82) is 0 Å². The van der Waals surface area contributed by atoms with Crippen molar-refractivity contribution in [2.24, 2.45) is 5.92 Å². The van der Waals surface area contributed by atoms with Crippen molar-refractivity contribution in [1.82, 2.24) is 19.5 Å². The van der Waals surface area contributed by atoms with Crippen molar-refractivity contribution in [3.8, 4) is 0 Å². The predicted octanol–water partition coefficient (Wildman–Crippen LogP) is 1.92. The van der Waals surface area contributed by atoms with Crippen LogP contribution in [0, 0.1) is 5.92 Å². The third kappa shape index (κ3) is 2.36. The van der Waals surface area contributed by atoms with E-state index in [0.717, 1.165) is 6.42 Å². The van der Waals surface area contributed by atoms with Crippen LogP contribution in [0.5, 0.6) is 0 Å². The molecular formula is C15H21N5O2. The Labute approximate surface area is 129 Å². The van der Waals surface area contributed by atoms with Gasteiger partial charge in [-0.05, 0) is 6.42 Å². The van der Waals surface area contributed by atoms with Crippen LogP contribution in [-0.2, 0) is 9.47 Å². The fourth-order valence-electron chi connectivity index (χ4n) is 3.01. The van der Waals surface area contributed by atoms with Gasteiger partial charge in [0.1, 0.15) is 17.9 Å². The van der Waals surface area contributed by atoms with Gasteiger partial charge in [0.2, 0.25) is 0 Å². The summed E-state index contributed by atoms with van der Waals surface area (Å²) in [5, 5.41) is 0. The molecule has 1 saturated heterocycles. The largest absolute Gasteiger partial charge is 0.382 e.